The maximum Gasteiger partial charge on any atom is 0.259 e. The summed E-state index contributed by atoms with van der Waals surface area (Å²) in [4.78, 5) is 25.4. The molecule has 1 aromatic heterocycles. The third-order valence-corrected chi connectivity index (χ3v) is 3.03. The summed E-state index contributed by atoms with van der Waals surface area (Å²) in [6, 6.07) is 0. The smallest absolute Gasteiger partial charge is 0.259 e. The van der Waals surface area contributed by atoms with Gasteiger partial charge in [-0.3, -0.25) is 9.59 Å². The average Bonchev–Trinajstić information content (AvgIpc) is 2.58. The SMILES string of the molecule is CCc1noc(C)c1C(=O)N1CCCNC(=O)C1. The van der Waals surface area contributed by atoms with Crippen molar-refractivity contribution < 1.29 is 14.1 Å². The topological polar surface area (TPSA) is 75.4 Å². The van der Waals surface area contributed by atoms with E-state index in [4.69, 9.17) is 4.52 Å². The van der Waals surface area contributed by atoms with Crippen LogP contribution in [0.25, 0.3) is 0 Å². The van der Waals surface area contributed by atoms with Crippen LogP contribution in [0.1, 0.15) is 35.2 Å². The van der Waals surface area contributed by atoms with Crippen molar-refractivity contribution in [1.82, 2.24) is 15.4 Å². The zero-order valence-corrected chi connectivity index (χ0v) is 10.7. The second kappa shape index (κ2) is 5.20. The van der Waals surface area contributed by atoms with Gasteiger partial charge < -0.3 is 14.7 Å². The van der Waals surface area contributed by atoms with Crippen molar-refractivity contribution in [2.45, 2.75) is 26.7 Å². The van der Waals surface area contributed by atoms with E-state index in [-0.39, 0.29) is 18.4 Å². The molecule has 0 bridgehead atoms. The molecular formula is C12H17N3O3. The first-order valence-corrected chi connectivity index (χ1v) is 6.14. The monoisotopic (exact) mass is 251 g/mol. The van der Waals surface area contributed by atoms with Crippen molar-refractivity contribution >= 4 is 11.8 Å². The lowest BCUT2D eigenvalue weighted by molar-refractivity contribution is -0.121. The fourth-order valence-corrected chi connectivity index (χ4v) is 2.07. The lowest BCUT2D eigenvalue weighted by Crippen LogP contribution is -2.37. The van der Waals surface area contributed by atoms with Crippen molar-refractivity contribution in [3.05, 3.63) is 17.0 Å². The number of nitrogens with zero attached hydrogens (tertiary/aromatic N) is 2. The number of aryl methyl sites for hydroxylation is 2. The molecule has 2 heterocycles. The van der Waals surface area contributed by atoms with Crippen molar-refractivity contribution in [3.8, 4) is 0 Å². The van der Waals surface area contributed by atoms with E-state index in [1.54, 1.807) is 11.8 Å². The average molecular weight is 251 g/mol. The van der Waals surface area contributed by atoms with E-state index in [1.807, 2.05) is 6.92 Å². The van der Waals surface area contributed by atoms with Crippen LogP contribution in [0.4, 0.5) is 0 Å². The second-order valence-corrected chi connectivity index (χ2v) is 4.34. The molecule has 1 fully saturated rings. The molecule has 2 amide bonds. The van der Waals surface area contributed by atoms with E-state index in [2.05, 4.69) is 10.5 Å². The predicted molar refractivity (Wildman–Crippen MR) is 64.1 cm³/mol. The maximum atomic E-state index is 12.4. The number of carbonyl (C=O) groups excluding carboxylic acids is 2. The molecule has 0 aromatic carbocycles. The van der Waals surface area contributed by atoms with Crippen molar-refractivity contribution in [1.29, 1.82) is 0 Å². The van der Waals surface area contributed by atoms with Gasteiger partial charge in [0.2, 0.25) is 5.91 Å². The van der Waals surface area contributed by atoms with Crippen LogP contribution in [0.5, 0.6) is 0 Å². The molecule has 0 atom stereocenters. The first-order valence-electron chi connectivity index (χ1n) is 6.14. The number of rotatable bonds is 2. The summed E-state index contributed by atoms with van der Waals surface area (Å²) in [6.07, 6.45) is 1.40. The fourth-order valence-electron chi connectivity index (χ4n) is 2.07. The maximum absolute atomic E-state index is 12.4. The molecule has 0 saturated carbocycles. The highest BCUT2D eigenvalue weighted by atomic mass is 16.5. The summed E-state index contributed by atoms with van der Waals surface area (Å²) in [7, 11) is 0. The van der Waals surface area contributed by atoms with Gasteiger partial charge in [-0.05, 0) is 19.8 Å². The summed E-state index contributed by atoms with van der Waals surface area (Å²) < 4.78 is 5.06. The minimum Gasteiger partial charge on any atom is -0.361 e. The van der Waals surface area contributed by atoms with Crippen molar-refractivity contribution in [2.24, 2.45) is 0 Å². The number of nitrogens with one attached hydrogen (secondary N) is 1. The third-order valence-electron chi connectivity index (χ3n) is 3.03. The van der Waals surface area contributed by atoms with Gasteiger partial charge in [-0.25, -0.2) is 0 Å². The van der Waals surface area contributed by atoms with Gasteiger partial charge in [0.25, 0.3) is 5.91 Å². The Labute approximate surface area is 105 Å². The number of amides is 2. The van der Waals surface area contributed by atoms with Crippen molar-refractivity contribution in [3.63, 3.8) is 0 Å². The van der Waals surface area contributed by atoms with E-state index in [0.717, 1.165) is 6.42 Å². The molecule has 0 unspecified atom stereocenters. The number of hydrogen-bond donors (Lipinski definition) is 1. The van der Waals surface area contributed by atoms with Crippen LogP contribution >= 0.6 is 0 Å². The summed E-state index contributed by atoms with van der Waals surface area (Å²) in [5.74, 6) is 0.233. The zero-order valence-electron chi connectivity index (χ0n) is 10.7. The second-order valence-electron chi connectivity index (χ2n) is 4.34. The Balaban J connectivity index is 2.24. The van der Waals surface area contributed by atoms with Crippen molar-refractivity contribution in [2.75, 3.05) is 19.6 Å². The Hall–Kier alpha value is -1.85. The zero-order chi connectivity index (χ0) is 13.1. The molecule has 1 N–H and O–H groups in total. The van der Waals surface area contributed by atoms with E-state index in [1.165, 1.54) is 0 Å². The number of hydrogen-bond acceptors (Lipinski definition) is 4. The van der Waals surface area contributed by atoms with Crippen LogP contribution in [0.15, 0.2) is 4.52 Å². The Morgan fingerprint density at radius 3 is 3.06 bits per heavy atom. The Kier molecular flexibility index (Phi) is 3.64. The highest BCUT2D eigenvalue weighted by Gasteiger charge is 2.26. The van der Waals surface area contributed by atoms with Gasteiger partial charge in [-0.15, -0.1) is 0 Å². The first-order chi connectivity index (χ1) is 8.63. The van der Waals surface area contributed by atoms with Crippen LogP contribution in [0.3, 0.4) is 0 Å². The molecule has 2 rings (SSSR count). The molecule has 6 nitrogen and oxygen atoms in total. The first kappa shape index (κ1) is 12.6. The van der Waals surface area contributed by atoms with Gasteiger partial charge >= 0.3 is 0 Å². The minimum atomic E-state index is -0.164. The van der Waals surface area contributed by atoms with Crippen LogP contribution in [-0.2, 0) is 11.2 Å². The van der Waals surface area contributed by atoms with Gasteiger partial charge in [0.1, 0.15) is 11.3 Å². The molecule has 0 spiro atoms. The molecule has 18 heavy (non-hydrogen) atoms. The van der Waals surface area contributed by atoms with Gasteiger partial charge in [0, 0.05) is 13.1 Å². The van der Waals surface area contributed by atoms with E-state index in [9.17, 15) is 9.59 Å². The predicted octanol–water partition coefficient (Wildman–Crippen LogP) is 0.508. The summed E-state index contributed by atoms with van der Waals surface area (Å²) in [5.41, 5.74) is 1.16. The van der Waals surface area contributed by atoms with Crippen LogP contribution in [-0.4, -0.2) is 41.5 Å². The quantitative estimate of drug-likeness (QED) is 0.831. The summed E-state index contributed by atoms with van der Waals surface area (Å²) in [6.45, 7) is 4.93. The molecular weight excluding hydrogens is 234 g/mol. The van der Waals surface area contributed by atoms with Crippen LogP contribution in [0.2, 0.25) is 0 Å². The van der Waals surface area contributed by atoms with Gasteiger partial charge in [0.05, 0.1) is 12.2 Å². The number of carbonyl (C=O) groups is 2. The fraction of sp³-hybridized carbons (Fsp3) is 0.583. The molecule has 98 valence electrons. The Morgan fingerprint density at radius 2 is 2.33 bits per heavy atom. The lowest BCUT2D eigenvalue weighted by Gasteiger charge is -2.18. The van der Waals surface area contributed by atoms with Gasteiger partial charge in [-0.2, -0.15) is 0 Å². The summed E-state index contributed by atoms with van der Waals surface area (Å²) in [5, 5.41) is 6.62. The third kappa shape index (κ3) is 2.37. The van der Waals surface area contributed by atoms with Gasteiger partial charge in [-0.1, -0.05) is 12.1 Å². The number of aromatic nitrogens is 1. The van der Waals surface area contributed by atoms with E-state index in [0.29, 0.717) is 36.5 Å². The molecule has 1 aliphatic heterocycles. The van der Waals surface area contributed by atoms with Gasteiger partial charge in [0.15, 0.2) is 0 Å². The Bertz CT molecular complexity index is 467. The molecule has 1 aromatic rings. The van der Waals surface area contributed by atoms with E-state index < -0.39 is 0 Å². The lowest BCUT2D eigenvalue weighted by atomic mass is 10.1. The van der Waals surface area contributed by atoms with Crippen LogP contribution in [0, 0.1) is 6.92 Å². The minimum absolute atomic E-state index is 0.104. The highest BCUT2D eigenvalue weighted by molar-refractivity contribution is 5.98. The molecule has 0 aliphatic carbocycles. The normalized spacial score (nSPS) is 16.3. The summed E-state index contributed by atoms with van der Waals surface area (Å²) >= 11 is 0. The molecule has 1 aliphatic rings. The molecule has 1 saturated heterocycles. The molecule has 6 heteroatoms. The van der Waals surface area contributed by atoms with E-state index >= 15 is 0 Å². The largest absolute Gasteiger partial charge is 0.361 e. The highest BCUT2D eigenvalue weighted by Crippen LogP contribution is 2.17. The Morgan fingerprint density at radius 1 is 1.56 bits per heavy atom. The standard InChI is InChI=1S/C12H17N3O3/c1-3-9-11(8(2)18-14-9)12(17)15-6-4-5-13-10(16)7-15/h3-7H2,1-2H3,(H,13,16). The molecule has 0 radical (unpaired) electrons. The van der Waals surface area contributed by atoms with Crippen LogP contribution < -0.4 is 5.32 Å².